The van der Waals surface area contributed by atoms with Gasteiger partial charge in [0.25, 0.3) is 5.91 Å². The van der Waals surface area contributed by atoms with Gasteiger partial charge in [-0.15, -0.1) is 0 Å². The molecule has 4 rings (SSSR count). The highest BCUT2D eigenvalue weighted by Crippen LogP contribution is 2.42. The number of piperidine rings is 1. The maximum absolute atomic E-state index is 15.7. The van der Waals surface area contributed by atoms with Crippen molar-refractivity contribution < 1.29 is 32.3 Å². The molecule has 3 aromatic rings. The number of furan rings is 1. The average Bonchev–Trinajstić information content (AvgIpc) is 3.19. The molecule has 1 fully saturated rings. The molecule has 2 aromatic heterocycles. The SMILES string of the molecule is C[C@H]1CN(C(=O)OCCCOCC(=O)Nc2c(N)oc3ccccc23)CC[C@]1(F)c1cc(Cl)cnc1F. The Morgan fingerprint density at radius 2 is 2.14 bits per heavy atom. The molecular formula is C25H27ClF2N4O5. The van der Waals surface area contributed by atoms with Crippen molar-refractivity contribution in [3.8, 4) is 0 Å². The van der Waals surface area contributed by atoms with Crippen molar-refractivity contribution in [2.45, 2.75) is 25.4 Å². The second-order valence-electron chi connectivity index (χ2n) is 8.86. The summed E-state index contributed by atoms with van der Waals surface area (Å²) >= 11 is 5.87. The Morgan fingerprint density at radius 1 is 1.35 bits per heavy atom. The third-order valence-electron chi connectivity index (χ3n) is 6.31. The number of alkyl halides is 1. The largest absolute Gasteiger partial charge is 0.449 e. The molecule has 3 N–H and O–H groups in total. The Balaban J connectivity index is 1.16. The van der Waals surface area contributed by atoms with Crippen molar-refractivity contribution in [1.29, 1.82) is 0 Å². The fourth-order valence-corrected chi connectivity index (χ4v) is 4.49. The van der Waals surface area contributed by atoms with Crippen molar-refractivity contribution >= 4 is 46.1 Å². The minimum absolute atomic E-state index is 0.0454. The van der Waals surface area contributed by atoms with Gasteiger partial charge in [-0.1, -0.05) is 30.7 Å². The second-order valence-corrected chi connectivity index (χ2v) is 9.29. The van der Waals surface area contributed by atoms with Gasteiger partial charge in [0.15, 0.2) is 0 Å². The summed E-state index contributed by atoms with van der Waals surface area (Å²) in [7, 11) is 0. The maximum atomic E-state index is 15.7. The molecule has 3 heterocycles. The first-order valence-corrected chi connectivity index (χ1v) is 12.1. The first kappa shape index (κ1) is 26.6. The summed E-state index contributed by atoms with van der Waals surface area (Å²) in [6.07, 6.45) is 0.759. The smallest absolute Gasteiger partial charge is 0.409 e. The van der Waals surface area contributed by atoms with Crippen LogP contribution < -0.4 is 11.1 Å². The number of ether oxygens (including phenoxy) is 2. The molecule has 0 aliphatic carbocycles. The molecule has 2 amide bonds. The predicted molar refractivity (Wildman–Crippen MR) is 133 cm³/mol. The van der Waals surface area contributed by atoms with E-state index in [2.05, 4.69) is 10.3 Å². The summed E-state index contributed by atoms with van der Waals surface area (Å²) in [5.74, 6) is -1.91. The molecule has 12 heteroatoms. The first-order valence-electron chi connectivity index (χ1n) is 11.8. The lowest BCUT2D eigenvalue weighted by atomic mass is 9.79. The number of nitrogens with one attached hydrogen (secondary N) is 1. The molecule has 1 saturated heterocycles. The number of aromatic nitrogens is 1. The average molecular weight is 537 g/mol. The Labute approximate surface area is 216 Å². The van der Waals surface area contributed by atoms with Crippen molar-refractivity contribution in [2.75, 3.05) is 44.0 Å². The summed E-state index contributed by atoms with van der Waals surface area (Å²) < 4.78 is 45.8. The summed E-state index contributed by atoms with van der Waals surface area (Å²) in [6.45, 7) is 1.70. The predicted octanol–water partition coefficient (Wildman–Crippen LogP) is 4.89. The number of carbonyl (C=O) groups excluding carboxylic acids is 2. The zero-order valence-electron chi connectivity index (χ0n) is 20.1. The van der Waals surface area contributed by atoms with E-state index >= 15 is 4.39 Å². The van der Waals surface area contributed by atoms with Crippen molar-refractivity contribution in [2.24, 2.45) is 5.92 Å². The zero-order chi connectivity index (χ0) is 26.6. The van der Waals surface area contributed by atoms with Gasteiger partial charge in [-0.25, -0.2) is 14.2 Å². The van der Waals surface area contributed by atoms with Gasteiger partial charge >= 0.3 is 6.09 Å². The third kappa shape index (κ3) is 5.94. The molecule has 0 radical (unpaired) electrons. The third-order valence-corrected chi connectivity index (χ3v) is 6.52. The van der Waals surface area contributed by atoms with Crippen LogP contribution in [0.4, 0.5) is 25.1 Å². The molecule has 198 valence electrons. The maximum Gasteiger partial charge on any atom is 0.409 e. The number of anilines is 2. The monoisotopic (exact) mass is 536 g/mol. The van der Waals surface area contributed by atoms with E-state index < -0.39 is 29.5 Å². The highest BCUT2D eigenvalue weighted by molar-refractivity contribution is 6.30. The lowest BCUT2D eigenvalue weighted by Crippen LogP contribution is -2.49. The first-order chi connectivity index (χ1) is 17.7. The van der Waals surface area contributed by atoms with Crippen molar-refractivity contribution in [3.63, 3.8) is 0 Å². The number of fused-ring (bicyclic) bond motifs is 1. The van der Waals surface area contributed by atoms with Crippen LogP contribution in [-0.2, 0) is 19.9 Å². The number of nitrogens with two attached hydrogens (primary N) is 1. The summed E-state index contributed by atoms with van der Waals surface area (Å²) in [5.41, 5.74) is 4.58. The van der Waals surface area contributed by atoms with E-state index in [0.717, 1.165) is 6.20 Å². The molecule has 1 aliphatic heterocycles. The van der Waals surface area contributed by atoms with Crippen LogP contribution >= 0.6 is 11.6 Å². The Kier molecular flexibility index (Phi) is 8.13. The number of hydrogen-bond acceptors (Lipinski definition) is 7. The van der Waals surface area contributed by atoms with E-state index in [0.29, 0.717) is 23.1 Å². The number of likely N-dealkylation sites (tertiary alicyclic amines) is 1. The minimum Gasteiger partial charge on any atom is -0.449 e. The molecule has 1 aromatic carbocycles. The molecule has 9 nitrogen and oxygen atoms in total. The quantitative estimate of drug-likeness (QED) is 0.310. The highest BCUT2D eigenvalue weighted by atomic mass is 35.5. The van der Waals surface area contributed by atoms with Crippen molar-refractivity contribution in [3.05, 3.63) is 53.1 Å². The lowest BCUT2D eigenvalue weighted by Gasteiger charge is -2.41. The number of nitrogens with zero attached hydrogens (tertiary/aromatic N) is 2. The van der Waals surface area contributed by atoms with E-state index in [1.165, 1.54) is 11.0 Å². The Hall–Kier alpha value is -3.44. The second kappa shape index (κ2) is 11.3. The van der Waals surface area contributed by atoms with Crippen LogP contribution in [0.25, 0.3) is 11.0 Å². The number of pyridine rings is 1. The van der Waals surface area contributed by atoms with E-state index in [-0.39, 0.29) is 55.8 Å². The standard InChI is InChI=1S/C25H27ClF2N4O5/c1-15-13-32(8-7-25(15,28)18-11-16(26)12-30-22(18)27)24(34)36-10-4-9-35-14-20(33)31-21-17-5-2-3-6-19(17)37-23(21)29/h2-3,5-6,11-12,15H,4,7-10,13-14,29H2,1H3,(H,31,33)/t15-,25+/m0/s1. The number of amides is 2. The topological polar surface area (TPSA) is 120 Å². The molecule has 1 aliphatic rings. The van der Waals surface area contributed by atoms with Crippen LogP contribution in [0.1, 0.15) is 25.3 Å². The van der Waals surface area contributed by atoms with Gasteiger partial charge in [-0.2, -0.15) is 4.39 Å². The Morgan fingerprint density at radius 3 is 2.92 bits per heavy atom. The van der Waals surface area contributed by atoms with Gasteiger partial charge in [-0.05, 0) is 18.2 Å². The molecule has 37 heavy (non-hydrogen) atoms. The van der Waals surface area contributed by atoms with Gasteiger partial charge in [0, 0.05) is 49.0 Å². The van der Waals surface area contributed by atoms with Crippen molar-refractivity contribution in [1.82, 2.24) is 9.88 Å². The van der Waals surface area contributed by atoms with Crippen LogP contribution in [0.5, 0.6) is 0 Å². The van der Waals surface area contributed by atoms with Gasteiger partial charge in [0.1, 0.15) is 23.5 Å². The van der Waals surface area contributed by atoms with E-state index in [9.17, 15) is 14.0 Å². The molecule has 0 unspecified atom stereocenters. The molecular weight excluding hydrogens is 510 g/mol. The van der Waals surface area contributed by atoms with Crippen LogP contribution in [0, 0.1) is 11.9 Å². The minimum atomic E-state index is -2.00. The molecule has 0 bridgehead atoms. The number of benzene rings is 1. The van der Waals surface area contributed by atoms with Crippen LogP contribution in [0.3, 0.4) is 0 Å². The number of para-hydroxylation sites is 1. The normalized spacial score (nSPS) is 19.7. The van der Waals surface area contributed by atoms with Crippen LogP contribution in [-0.4, -0.2) is 54.8 Å². The number of carbonyl (C=O) groups is 2. The summed E-state index contributed by atoms with van der Waals surface area (Å²) in [6, 6.07) is 8.37. The molecule has 0 saturated carbocycles. The zero-order valence-corrected chi connectivity index (χ0v) is 20.9. The molecule has 0 spiro atoms. The summed E-state index contributed by atoms with van der Waals surface area (Å²) in [5, 5.41) is 3.50. The van der Waals surface area contributed by atoms with Gasteiger partial charge in [-0.3, -0.25) is 4.79 Å². The van der Waals surface area contributed by atoms with E-state index in [4.69, 9.17) is 31.2 Å². The van der Waals surface area contributed by atoms with E-state index in [1.54, 1.807) is 31.2 Å². The molecule has 2 atom stereocenters. The number of hydrogen-bond donors (Lipinski definition) is 2. The van der Waals surface area contributed by atoms with Gasteiger partial charge < -0.3 is 29.8 Å². The van der Waals surface area contributed by atoms with Gasteiger partial charge in [0.05, 0.1) is 18.2 Å². The Bertz CT molecular complexity index is 1290. The van der Waals surface area contributed by atoms with E-state index in [1.807, 2.05) is 0 Å². The fraction of sp³-hybridized carbons (Fsp3) is 0.400. The fourth-order valence-electron chi connectivity index (χ4n) is 4.34. The highest BCUT2D eigenvalue weighted by Gasteiger charge is 2.46. The number of nitrogen functional groups attached to an aromatic ring is 1. The van der Waals surface area contributed by atoms with Crippen LogP contribution in [0.15, 0.2) is 40.9 Å². The van der Waals surface area contributed by atoms with Crippen LogP contribution in [0.2, 0.25) is 5.02 Å². The van der Waals surface area contributed by atoms with Gasteiger partial charge in [0.2, 0.25) is 11.8 Å². The number of halogens is 3. The summed E-state index contributed by atoms with van der Waals surface area (Å²) in [4.78, 5) is 29.5. The number of rotatable bonds is 8. The lowest BCUT2D eigenvalue weighted by molar-refractivity contribution is -0.120.